The van der Waals surface area contributed by atoms with Gasteiger partial charge in [0.25, 0.3) is 0 Å². The summed E-state index contributed by atoms with van der Waals surface area (Å²) in [6, 6.07) is 23.1. The quantitative estimate of drug-likeness (QED) is 0.158. The van der Waals surface area contributed by atoms with Crippen LogP contribution in [0.2, 0.25) is 10.0 Å². The molecule has 40 heavy (non-hydrogen) atoms. The van der Waals surface area contributed by atoms with Crippen LogP contribution in [0.15, 0.2) is 91.5 Å². The summed E-state index contributed by atoms with van der Waals surface area (Å²) < 4.78 is 2.00. The molecule has 3 heterocycles. The zero-order valence-electron chi connectivity index (χ0n) is 21.4. The number of hydrogen-bond acceptors (Lipinski definition) is 5. The molecule has 0 aliphatic heterocycles. The van der Waals surface area contributed by atoms with Crippen LogP contribution in [0, 0.1) is 0 Å². The Labute approximate surface area is 250 Å². The van der Waals surface area contributed by atoms with Crippen molar-refractivity contribution in [3.8, 4) is 20.9 Å². The van der Waals surface area contributed by atoms with Gasteiger partial charge in [-0.2, -0.15) is 0 Å². The second-order valence-corrected chi connectivity index (χ2v) is 12.0. The summed E-state index contributed by atoms with van der Waals surface area (Å²) in [6.45, 7) is 1.53. The molecule has 0 fully saturated rings. The highest BCUT2D eigenvalue weighted by Crippen LogP contribution is 2.30. The molecule has 0 atom stereocenters. The monoisotopic (exact) mass is 611 g/mol. The summed E-state index contributed by atoms with van der Waals surface area (Å²) in [5.74, 6) is -0.741. The van der Waals surface area contributed by atoms with E-state index in [0.717, 1.165) is 48.6 Å². The van der Waals surface area contributed by atoms with E-state index in [2.05, 4.69) is 16.4 Å². The molecule has 0 aliphatic rings. The first-order valence-corrected chi connectivity index (χ1v) is 14.9. The summed E-state index contributed by atoms with van der Waals surface area (Å²) in [7, 11) is 0. The Bertz CT molecular complexity index is 1510. The van der Waals surface area contributed by atoms with Gasteiger partial charge < -0.3 is 15.0 Å². The molecule has 5 rings (SSSR count). The Balaban J connectivity index is 0.000000201. The Kier molecular flexibility index (Phi) is 10.9. The van der Waals surface area contributed by atoms with E-state index < -0.39 is 5.97 Å². The van der Waals surface area contributed by atoms with Gasteiger partial charge in [0.05, 0.1) is 19.2 Å². The summed E-state index contributed by atoms with van der Waals surface area (Å²) in [5.41, 5.74) is 2.18. The van der Waals surface area contributed by atoms with Crippen LogP contribution >= 0.6 is 45.9 Å². The van der Waals surface area contributed by atoms with Crippen LogP contribution in [0.5, 0.6) is 0 Å². The fourth-order valence-electron chi connectivity index (χ4n) is 3.76. The summed E-state index contributed by atoms with van der Waals surface area (Å²) >= 11 is 14.8. The number of amides is 1. The molecule has 2 N–H and O–H groups in total. The molecule has 0 aliphatic carbocycles. The highest BCUT2D eigenvalue weighted by atomic mass is 35.5. The number of benzene rings is 2. The van der Waals surface area contributed by atoms with Crippen LogP contribution in [0.4, 0.5) is 0 Å². The fraction of sp³-hybridized carbons (Fsp3) is 0.167. The number of aromatic nitrogens is 2. The van der Waals surface area contributed by atoms with Crippen molar-refractivity contribution in [1.29, 1.82) is 0 Å². The molecule has 206 valence electrons. The molecule has 0 radical (unpaired) electrons. The van der Waals surface area contributed by atoms with Gasteiger partial charge in [0, 0.05) is 55.0 Å². The van der Waals surface area contributed by atoms with Crippen molar-refractivity contribution in [2.75, 3.05) is 6.54 Å². The van der Waals surface area contributed by atoms with Gasteiger partial charge in [-0.15, -0.1) is 22.7 Å². The van der Waals surface area contributed by atoms with Gasteiger partial charge in [0.2, 0.25) is 5.91 Å². The standard InChI is InChI=1S/C18H18ClN3OS.C12H9ClO2S/c19-15-4-2-14(3-5-15)17-7-6-16(24-17)12-18(23)21-8-1-10-22-11-9-20-13-22;13-9-3-1-8(2-4-9)11-6-5-10(16-11)7-12(14)15/h2-7,9,11,13H,1,8,10,12H2,(H,21,23);1-6H,7H2,(H,14,15). The number of carboxylic acids is 1. The van der Waals surface area contributed by atoms with Gasteiger partial charge in [0.1, 0.15) is 0 Å². The zero-order chi connectivity index (χ0) is 28.3. The van der Waals surface area contributed by atoms with Crippen LogP contribution in [0.1, 0.15) is 16.2 Å². The number of carbonyl (C=O) groups excluding carboxylic acids is 1. The molecule has 0 saturated carbocycles. The lowest BCUT2D eigenvalue weighted by Crippen LogP contribution is -2.26. The maximum atomic E-state index is 12.0. The van der Waals surface area contributed by atoms with Gasteiger partial charge in [-0.1, -0.05) is 47.5 Å². The van der Waals surface area contributed by atoms with E-state index in [1.807, 2.05) is 77.5 Å². The molecular weight excluding hydrogens is 585 g/mol. The number of nitrogens with one attached hydrogen (secondary N) is 1. The third kappa shape index (κ3) is 9.34. The molecule has 1 amide bonds. The molecular formula is C30H27Cl2N3O3S2. The highest BCUT2D eigenvalue weighted by molar-refractivity contribution is 7.15. The van der Waals surface area contributed by atoms with E-state index >= 15 is 0 Å². The van der Waals surface area contributed by atoms with Gasteiger partial charge in [-0.05, 0) is 66.1 Å². The summed E-state index contributed by atoms with van der Waals surface area (Å²) in [5, 5.41) is 13.1. The normalized spacial score (nSPS) is 10.6. The van der Waals surface area contributed by atoms with E-state index in [9.17, 15) is 9.59 Å². The number of nitrogens with zero attached hydrogens (tertiary/aromatic N) is 2. The first-order valence-electron chi connectivity index (χ1n) is 12.5. The Morgan fingerprint density at radius 2 is 1.35 bits per heavy atom. The maximum absolute atomic E-state index is 12.0. The van der Waals surface area contributed by atoms with Crippen molar-refractivity contribution >= 4 is 57.8 Å². The first-order chi connectivity index (χ1) is 19.4. The average molecular weight is 613 g/mol. The minimum Gasteiger partial charge on any atom is -0.481 e. The zero-order valence-corrected chi connectivity index (χ0v) is 24.6. The number of hydrogen-bond donors (Lipinski definition) is 2. The second kappa shape index (κ2) is 14.8. The van der Waals surface area contributed by atoms with Gasteiger partial charge >= 0.3 is 5.97 Å². The van der Waals surface area contributed by atoms with E-state index in [4.69, 9.17) is 28.3 Å². The fourth-order valence-corrected chi connectivity index (χ4v) is 6.03. The highest BCUT2D eigenvalue weighted by Gasteiger charge is 2.08. The van der Waals surface area contributed by atoms with Crippen LogP contribution in [-0.4, -0.2) is 33.1 Å². The summed E-state index contributed by atoms with van der Waals surface area (Å²) in [4.78, 5) is 30.7. The molecule has 3 aromatic heterocycles. The van der Waals surface area contributed by atoms with E-state index in [0.29, 0.717) is 18.0 Å². The van der Waals surface area contributed by atoms with Crippen molar-refractivity contribution in [1.82, 2.24) is 14.9 Å². The Hall–Kier alpha value is -3.43. The number of rotatable bonds is 10. The molecule has 0 saturated heterocycles. The van der Waals surface area contributed by atoms with Crippen LogP contribution < -0.4 is 5.32 Å². The van der Waals surface area contributed by atoms with Crippen LogP contribution in [0.3, 0.4) is 0 Å². The lowest BCUT2D eigenvalue weighted by atomic mass is 10.2. The predicted molar refractivity (Wildman–Crippen MR) is 164 cm³/mol. The van der Waals surface area contributed by atoms with Gasteiger partial charge in [0.15, 0.2) is 0 Å². The molecule has 5 aromatic rings. The van der Waals surface area contributed by atoms with Crippen molar-refractivity contribution in [3.05, 3.63) is 111 Å². The molecule has 6 nitrogen and oxygen atoms in total. The smallest absolute Gasteiger partial charge is 0.308 e. The molecule has 0 unspecified atom stereocenters. The largest absolute Gasteiger partial charge is 0.481 e. The Morgan fingerprint density at radius 3 is 1.85 bits per heavy atom. The number of aliphatic carboxylic acids is 1. The van der Waals surface area contributed by atoms with E-state index in [1.54, 1.807) is 23.9 Å². The Morgan fingerprint density at radius 1 is 0.800 bits per heavy atom. The minimum atomic E-state index is -0.801. The molecule has 0 spiro atoms. The third-order valence-electron chi connectivity index (χ3n) is 5.72. The number of thiophene rings is 2. The maximum Gasteiger partial charge on any atom is 0.308 e. The van der Waals surface area contributed by atoms with E-state index in [-0.39, 0.29) is 12.3 Å². The number of halogens is 2. The molecule has 2 aromatic carbocycles. The van der Waals surface area contributed by atoms with Crippen molar-refractivity contribution in [2.45, 2.75) is 25.8 Å². The van der Waals surface area contributed by atoms with Crippen molar-refractivity contribution in [3.63, 3.8) is 0 Å². The molecule has 0 bridgehead atoms. The van der Waals surface area contributed by atoms with Gasteiger partial charge in [-0.25, -0.2) is 4.98 Å². The van der Waals surface area contributed by atoms with Crippen molar-refractivity contribution < 1.29 is 14.7 Å². The summed E-state index contributed by atoms with van der Waals surface area (Å²) in [6.07, 6.45) is 6.86. The lowest BCUT2D eigenvalue weighted by molar-refractivity contribution is -0.136. The number of imidazole rings is 1. The van der Waals surface area contributed by atoms with E-state index in [1.165, 1.54) is 11.3 Å². The molecule has 10 heteroatoms. The average Bonchev–Trinajstić information content (AvgIpc) is 3.71. The number of aryl methyl sites for hydroxylation is 1. The lowest BCUT2D eigenvalue weighted by Gasteiger charge is -2.05. The number of carboxylic acid groups (broad SMARTS) is 1. The number of carbonyl (C=O) groups is 2. The van der Waals surface area contributed by atoms with Crippen LogP contribution in [0.25, 0.3) is 20.9 Å². The van der Waals surface area contributed by atoms with Gasteiger partial charge in [-0.3, -0.25) is 9.59 Å². The first kappa shape index (κ1) is 29.6. The third-order valence-corrected chi connectivity index (χ3v) is 8.49. The van der Waals surface area contributed by atoms with Crippen LogP contribution in [-0.2, 0) is 29.0 Å². The minimum absolute atomic E-state index is 0.0603. The topological polar surface area (TPSA) is 84.2 Å². The SMILES string of the molecule is O=C(Cc1ccc(-c2ccc(Cl)cc2)s1)NCCCn1ccnc1.O=C(O)Cc1ccc(-c2ccc(Cl)cc2)s1. The van der Waals surface area contributed by atoms with Crippen molar-refractivity contribution in [2.24, 2.45) is 0 Å². The predicted octanol–water partition coefficient (Wildman–Crippen LogP) is 7.71. The second-order valence-electron chi connectivity index (χ2n) is 8.80.